The van der Waals surface area contributed by atoms with Gasteiger partial charge in [0.2, 0.25) is 5.91 Å². The van der Waals surface area contributed by atoms with Gasteiger partial charge in [-0.2, -0.15) is 0 Å². The first-order valence-electron chi connectivity index (χ1n) is 8.77. The van der Waals surface area contributed by atoms with Crippen molar-refractivity contribution in [3.63, 3.8) is 0 Å². The van der Waals surface area contributed by atoms with Crippen molar-refractivity contribution in [3.8, 4) is 5.75 Å². The highest BCUT2D eigenvalue weighted by molar-refractivity contribution is 5.91. The molecule has 2 aromatic carbocycles. The average molecular weight is 365 g/mol. The van der Waals surface area contributed by atoms with E-state index in [-0.39, 0.29) is 18.9 Å². The Morgan fingerprint density at radius 1 is 0.963 bits per heavy atom. The molecule has 6 nitrogen and oxygen atoms in total. The maximum absolute atomic E-state index is 12.2. The molecular formula is C21H23N3O3. The molecule has 1 aromatic heterocycles. The zero-order valence-corrected chi connectivity index (χ0v) is 15.7. The van der Waals surface area contributed by atoms with Crippen LogP contribution in [0, 0.1) is 20.8 Å². The topological polar surface area (TPSA) is 83.2 Å². The maximum Gasteiger partial charge on any atom is 0.276 e. The lowest BCUT2D eigenvalue weighted by atomic mass is 10.1. The minimum atomic E-state index is -0.418. The van der Waals surface area contributed by atoms with Crippen molar-refractivity contribution in [3.05, 3.63) is 64.8 Å². The van der Waals surface area contributed by atoms with Gasteiger partial charge in [-0.1, -0.05) is 24.3 Å². The molecule has 3 N–H and O–H groups in total. The number of aromatic nitrogens is 1. The number of H-pyrrole nitrogens is 1. The van der Waals surface area contributed by atoms with Gasteiger partial charge in [0.25, 0.3) is 5.91 Å². The van der Waals surface area contributed by atoms with Crippen LogP contribution in [0.15, 0.2) is 42.5 Å². The fourth-order valence-corrected chi connectivity index (χ4v) is 3.11. The molecule has 0 radical (unpaired) electrons. The second kappa shape index (κ2) is 7.95. The summed E-state index contributed by atoms with van der Waals surface area (Å²) in [5.74, 6) is -0.0795. The third kappa shape index (κ3) is 4.67. The number of aromatic amines is 1. The standard InChI is InChI=1S/C21H23N3O3/c1-13-8-14(2)10-16(9-13)27-12-21(26)24-23-20(25)11-18-15(3)22-19-7-5-4-6-17(18)19/h4-10,22H,11-12H2,1-3H3,(H,23,25)(H,24,26). The van der Waals surface area contributed by atoms with Gasteiger partial charge in [-0.3, -0.25) is 20.4 Å². The molecule has 0 bridgehead atoms. The lowest BCUT2D eigenvalue weighted by molar-refractivity contribution is -0.129. The molecule has 6 heteroatoms. The normalized spacial score (nSPS) is 10.6. The number of carbonyl (C=O) groups excluding carboxylic acids is 2. The Bertz CT molecular complexity index is 971. The number of amides is 2. The Kier molecular flexibility index (Phi) is 5.45. The van der Waals surface area contributed by atoms with Crippen LogP contribution in [0.4, 0.5) is 0 Å². The average Bonchev–Trinajstić information content (AvgIpc) is 2.93. The third-order valence-electron chi connectivity index (χ3n) is 4.27. The first kappa shape index (κ1) is 18.5. The highest BCUT2D eigenvalue weighted by Gasteiger charge is 2.13. The van der Waals surface area contributed by atoms with E-state index in [1.807, 2.05) is 63.2 Å². The predicted molar refractivity (Wildman–Crippen MR) is 104 cm³/mol. The highest BCUT2D eigenvalue weighted by atomic mass is 16.5. The molecule has 3 aromatic rings. The number of fused-ring (bicyclic) bond motifs is 1. The monoisotopic (exact) mass is 365 g/mol. The van der Waals surface area contributed by atoms with Crippen LogP contribution in [0.2, 0.25) is 0 Å². The minimum Gasteiger partial charge on any atom is -0.484 e. The van der Waals surface area contributed by atoms with Gasteiger partial charge in [-0.15, -0.1) is 0 Å². The lowest BCUT2D eigenvalue weighted by Gasteiger charge is -2.10. The summed E-state index contributed by atoms with van der Waals surface area (Å²) in [6.45, 7) is 5.69. The first-order chi connectivity index (χ1) is 12.9. The van der Waals surface area contributed by atoms with E-state index in [1.165, 1.54) is 0 Å². The number of benzene rings is 2. The number of carbonyl (C=O) groups is 2. The molecule has 2 amide bonds. The first-order valence-corrected chi connectivity index (χ1v) is 8.77. The van der Waals surface area contributed by atoms with Crippen LogP contribution in [0.25, 0.3) is 10.9 Å². The number of nitrogens with one attached hydrogen (secondary N) is 3. The molecule has 0 aliphatic rings. The Labute approximate surface area is 157 Å². The summed E-state index contributed by atoms with van der Waals surface area (Å²) in [5.41, 5.74) is 9.80. The molecule has 0 aliphatic heterocycles. The second-order valence-corrected chi connectivity index (χ2v) is 6.66. The summed E-state index contributed by atoms with van der Waals surface area (Å²) in [6.07, 6.45) is 0.175. The second-order valence-electron chi connectivity index (χ2n) is 6.66. The van der Waals surface area contributed by atoms with Gasteiger partial charge in [0, 0.05) is 16.6 Å². The van der Waals surface area contributed by atoms with Gasteiger partial charge in [0.1, 0.15) is 5.75 Å². The number of hydrazine groups is 1. The van der Waals surface area contributed by atoms with Crippen LogP contribution in [-0.2, 0) is 16.0 Å². The molecule has 0 atom stereocenters. The van der Waals surface area contributed by atoms with Gasteiger partial charge in [0.05, 0.1) is 6.42 Å². The van der Waals surface area contributed by atoms with E-state index < -0.39 is 5.91 Å². The van der Waals surface area contributed by atoms with Gasteiger partial charge in [0.15, 0.2) is 6.61 Å². The molecule has 0 unspecified atom stereocenters. The van der Waals surface area contributed by atoms with Crippen molar-refractivity contribution in [1.29, 1.82) is 0 Å². The highest BCUT2D eigenvalue weighted by Crippen LogP contribution is 2.22. The molecule has 0 fully saturated rings. The van der Waals surface area contributed by atoms with E-state index in [2.05, 4.69) is 15.8 Å². The van der Waals surface area contributed by atoms with E-state index in [0.29, 0.717) is 5.75 Å². The number of ether oxygens (including phenoxy) is 1. The van der Waals surface area contributed by atoms with Crippen molar-refractivity contribution in [1.82, 2.24) is 15.8 Å². The summed E-state index contributed by atoms with van der Waals surface area (Å²) in [4.78, 5) is 27.4. The predicted octanol–water partition coefficient (Wildman–Crippen LogP) is 2.86. The molecule has 1 heterocycles. The number of hydrogen-bond acceptors (Lipinski definition) is 3. The molecule has 0 saturated carbocycles. The fourth-order valence-electron chi connectivity index (χ4n) is 3.11. The number of rotatable bonds is 5. The third-order valence-corrected chi connectivity index (χ3v) is 4.27. The van der Waals surface area contributed by atoms with E-state index in [4.69, 9.17) is 4.74 Å². The molecule has 0 spiro atoms. The summed E-state index contributed by atoms with van der Waals surface area (Å²) in [7, 11) is 0. The SMILES string of the molecule is Cc1cc(C)cc(OCC(=O)NNC(=O)Cc2c(C)[nH]c3ccccc23)c1. The summed E-state index contributed by atoms with van der Waals surface area (Å²) >= 11 is 0. The Morgan fingerprint density at radius 3 is 2.37 bits per heavy atom. The molecular weight excluding hydrogens is 342 g/mol. The largest absolute Gasteiger partial charge is 0.484 e. The van der Waals surface area contributed by atoms with Crippen LogP contribution < -0.4 is 15.6 Å². The molecule has 3 rings (SSSR count). The van der Waals surface area contributed by atoms with Gasteiger partial charge >= 0.3 is 0 Å². The van der Waals surface area contributed by atoms with Crippen LogP contribution in [-0.4, -0.2) is 23.4 Å². The number of aryl methyl sites for hydroxylation is 3. The van der Waals surface area contributed by atoms with Crippen LogP contribution in [0.3, 0.4) is 0 Å². The van der Waals surface area contributed by atoms with E-state index in [9.17, 15) is 9.59 Å². The van der Waals surface area contributed by atoms with Crippen molar-refractivity contribution in [2.24, 2.45) is 0 Å². The van der Waals surface area contributed by atoms with Crippen molar-refractivity contribution >= 4 is 22.7 Å². The Morgan fingerprint density at radius 2 is 1.63 bits per heavy atom. The van der Waals surface area contributed by atoms with Crippen molar-refractivity contribution < 1.29 is 14.3 Å². The molecule has 140 valence electrons. The van der Waals surface area contributed by atoms with Gasteiger partial charge in [-0.05, 0) is 55.7 Å². The van der Waals surface area contributed by atoms with Crippen molar-refractivity contribution in [2.75, 3.05) is 6.61 Å². The molecule has 0 aliphatic carbocycles. The summed E-state index contributed by atoms with van der Waals surface area (Å²) in [6, 6.07) is 13.6. The smallest absolute Gasteiger partial charge is 0.276 e. The van der Waals surface area contributed by atoms with Crippen LogP contribution >= 0.6 is 0 Å². The zero-order chi connectivity index (χ0) is 19.4. The van der Waals surface area contributed by atoms with Crippen LogP contribution in [0.5, 0.6) is 5.75 Å². The molecule has 0 saturated heterocycles. The summed E-state index contributed by atoms with van der Waals surface area (Å²) in [5, 5.41) is 1.01. The quantitative estimate of drug-likeness (QED) is 0.608. The molecule has 27 heavy (non-hydrogen) atoms. The number of hydrogen-bond donors (Lipinski definition) is 3. The van der Waals surface area contributed by atoms with E-state index in [0.717, 1.165) is 33.3 Å². The maximum atomic E-state index is 12.2. The van der Waals surface area contributed by atoms with E-state index >= 15 is 0 Å². The summed E-state index contributed by atoms with van der Waals surface area (Å²) < 4.78 is 5.48. The number of para-hydroxylation sites is 1. The fraction of sp³-hybridized carbons (Fsp3) is 0.238. The van der Waals surface area contributed by atoms with Gasteiger partial charge in [-0.25, -0.2) is 0 Å². The lowest BCUT2D eigenvalue weighted by Crippen LogP contribution is -2.44. The van der Waals surface area contributed by atoms with Crippen LogP contribution in [0.1, 0.15) is 22.4 Å². The van der Waals surface area contributed by atoms with Gasteiger partial charge < -0.3 is 9.72 Å². The van der Waals surface area contributed by atoms with E-state index in [1.54, 1.807) is 0 Å². The minimum absolute atomic E-state index is 0.171. The van der Waals surface area contributed by atoms with Crippen molar-refractivity contribution in [2.45, 2.75) is 27.2 Å². The Balaban J connectivity index is 1.51. The zero-order valence-electron chi connectivity index (χ0n) is 15.7. The Hall–Kier alpha value is -3.28.